The lowest BCUT2D eigenvalue weighted by Gasteiger charge is -2.30. The number of benzene rings is 1. The molecule has 8 nitrogen and oxygen atoms in total. The molecular formula is C20H27NO7S. The summed E-state index contributed by atoms with van der Waals surface area (Å²) in [5.74, 6) is -1.86. The Balaban J connectivity index is 2.03. The van der Waals surface area contributed by atoms with Crippen molar-refractivity contribution in [3.8, 4) is 0 Å². The zero-order chi connectivity index (χ0) is 21.8. The Bertz CT molecular complexity index is 878. The lowest BCUT2D eigenvalue weighted by molar-refractivity contribution is -0.154. The van der Waals surface area contributed by atoms with Gasteiger partial charge in [0, 0.05) is 18.5 Å². The number of esters is 2. The number of Topliss-reactive ketones (excluding diaryl/α,β-unsaturated/α-hetero) is 1. The van der Waals surface area contributed by atoms with Crippen LogP contribution < -0.4 is 0 Å². The third-order valence-corrected chi connectivity index (χ3v) is 6.84. The van der Waals surface area contributed by atoms with E-state index in [1.165, 1.54) is 29.6 Å². The molecule has 0 atom stereocenters. The Morgan fingerprint density at radius 3 is 2.24 bits per heavy atom. The van der Waals surface area contributed by atoms with Crippen molar-refractivity contribution in [1.29, 1.82) is 0 Å². The molecule has 160 valence electrons. The molecule has 9 heteroatoms. The maximum atomic E-state index is 13.0. The summed E-state index contributed by atoms with van der Waals surface area (Å²) in [6, 6.07) is 5.86. The molecule has 1 aromatic carbocycles. The van der Waals surface area contributed by atoms with E-state index in [0.717, 1.165) is 0 Å². The second-order valence-corrected chi connectivity index (χ2v) is 9.85. The van der Waals surface area contributed by atoms with E-state index < -0.39 is 33.3 Å². The molecule has 0 N–H and O–H groups in total. The largest absolute Gasteiger partial charge is 0.465 e. The number of rotatable bonds is 6. The van der Waals surface area contributed by atoms with Gasteiger partial charge >= 0.3 is 11.9 Å². The number of hydrogen-bond acceptors (Lipinski definition) is 7. The number of ether oxygens (including phenoxy) is 2. The van der Waals surface area contributed by atoms with E-state index in [-0.39, 0.29) is 48.8 Å². The zero-order valence-corrected chi connectivity index (χ0v) is 18.0. The molecule has 0 spiro atoms. The molecule has 0 radical (unpaired) electrons. The highest BCUT2D eigenvalue weighted by Gasteiger charge is 2.35. The molecule has 29 heavy (non-hydrogen) atoms. The van der Waals surface area contributed by atoms with Crippen LogP contribution in [0.4, 0.5) is 0 Å². The number of carbonyl (C=O) groups is 3. The summed E-state index contributed by atoms with van der Waals surface area (Å²) in [5.41, 5.74) is -0.623. The second kappa shape index (κ2) is 9.04. The summed E-state index contributed by atoms with van der Waals surface area (Å²) in [6.07, 6.45) is 0.560. The number of piperidine rings is 1. The first-order valence-corrected chi connectivity index (χ1v) is 10.8. The molecule has 1 aliphatic rings. The summed E-state index contributed by atoms with van der Waals surface area (Å²) in [7, 11) is -2.73. The molecule has 1 saturated heterocycles. The van der Waals surface area contributed by atoms with Crippen molar-refractivity contribution >= 4 is 27.7 Å². The SMILES string of the molecule is COC(=O)c1ccccc1S(=O)(=O)N1CCC(C(=O)OCC(=O)C(C)(C)C)CC1. The number of hydrogen-bond donors (Lipinski definition) is 0. The maximum absolute atomic E-state index is 13.0. The molecule has 0 unspecified atom stereocenters. The van der Waals surface area contributed by atoms with Gasteiger partial charge in [0.25, 0.3) is 0 Å². The van der Waals surface area contributed by atoms with Gasteiger partial charge in [0.05, 0.1) is 23.5 Å². The van der Waals surface area contributed by atoms with Crippen LogP contribution in [0.25, 0.3) is 0 Å². The number of nitrogens with zero attached hydrogens (tertiary/aromatic N) is 1. The molecule has 2 rings (SSSR count). The lowest BCUT2D eigenvalue weighted by atomic mass is 9.91. The molecule has 0 aromatic heterocycles. The number of methoxy groups -OCH3 is 1. The van der Waals surface area contributed by atoms with Crippen molar-refractivity contribution in [3.63, 3.8) is 0 Å². The van der Waals surface area contributed by atoms with Gasteiger partial charge in [0.2, 0.25) is 10.0 Å². The van der Waals surface area contributed by atoms with Crippen molar-refractivity contribution in [1.82, 2.24) is 4.31 Å². The Hall–Kier alpha value is -2.26. The van der Waals surface area contributed by atoms with Crippen LogP contribution in [-0.4, -0.2) is 57.3 Å². The predicted octanol–water partition coefficient (Wildman–Crippen LogP) is 2.03. The highest BCUT2D eigenvalue weighted by Crippen LogP contribution is 2.27. The average Bonchev–Trinajstić information content (AvgIpc) is 2.70. The molecule has 1 aliphatic heterocycles. The third-order valence-electron chi connectivity index (χ3n) is 4.88. The van der Waals surface area contributed by atoms with Crippen molar-refractivity contribution in [2.45, 2.75) is 38.5 Å². The first-order valence-electron chi connectivity index (χ1n) is 9.36. The smallest absolute Gasteiger partial charge is 0.339 e. The van der Waals surface area contributed by atoms with Gasteiger partial charge in [0.1, 0.15) is 0 Å². The second-order valence-electron chi connectivity index (χ2n) is 7.95. The Morgan fingerprint density at radius 1 is 1.10 bits per heavy atom. The van der Waals surface area contributed by atoms with Crippen molar-refractivity contribution in [2.24, 2.45) is 11.3 Å². The molecule has 1 heterocycles. The van der Waals surface area contributed by atoms with Crippen LogP contribution in [0.5, 0.6) is 0 Å². The van der Waals surface area contributed by atoms with E-state index in [2.05, 4.69) is 4.74 Å². The molecule has 0 aliphatic carbocycles. The van der Waals surface area contributed by atoms with E-state index in [1.807, 2.05) is 0 Å². The Kier molecular flexibility index (Phi) is 7.18. The predicted molar refractivity (Wildman–Crippen MR) is 105 cm³/mol. The van der Waals surface area contributed by atoms with Crippen molar-refractivity contribution in [3.05, 3.63) is 29.8 Å². The van der Waals surface area contributed by atoms with E-state index in [0.29, 0.717) is 0 Å². The minimum Gasteiger partial charge on any atom is -0.465 e. The van der Waals surface area contributed by atoms with Gasteiger partial charge in [-0.15, -0.1) is 0 Å². The van der Waals surface area contributed by atoms with Gasteiger partial charge in [0.15, 0.2) is 12.4 Å². The van der Waals surface area contributed by atoms with Gasteiger partial charge in [-0.05, 0) is 25.0 Å². The van der Waals surface area contributed by atoms with E-state index >= 15 is 0 Å². The fourth-order valence-corrected chi connectivity index (χ4v) is 4.56. The maximum Gasteiger partial charge on any atom is 0.339 e. The van der Waals surface area contributed by atoms with Crippen LogP contribution in [0.1, 0.15) is 44.0 Å². The van der Waals surface area contributed by atoms with Crippen molar-refractivity contribution < 1.29 is 32.3 Å². The Morgan fingerprint density at radius 2 is 1.69 bits per heavy atom. The van der Waals surface area contributed by atoms with Gasteiger partial charge in [-0.2, -0.15) is 4.31 Å². The topological polar surface area (TPSA) is 107 Å². The summed E-state index contributed by atoms with van der Waals surface area (Å²) in [5, 5.41) is 0. The first-order chi connectivity index (χ1) is 13.5. The quantitative estimate of drug-likeness (QED) is 0.642. The molecular weight excluding hydrogens is 398 g/mol. The van der Waals surface area contributed by atoms with Gasteiger partial charge in [-0.25, -0.2) is 13.2 Å². The molecule has 0 saturated carbocycles. The van der Waals surface area contributed by atoms with Gasteiger partial charge in [-0.1, -0.05) is 32.9 Å². The third kappa shape index (κ3) is 5.42. The molecule has 0 amide bonds. The van der Waals surface area contributed by atoms with Crippen LogP contribution in [0, 0.1) is 11.3 Å². The van der Waals surface area contributed by atoms with E-state index in [1.54, 1.807) is 26.8 Å². The molecule has 0 bridgehead atoms. The lowest BCUT2D eigenvalue weighted by Crippen LogP contribution is -2.41. The van der Waals surface area contributed by atoms with Crippen LogP contribution in [0.3, 0.4) is 0 Å². The number of carbonyl (C=O) groups excluding carboxylic acids is 3. The average molecular weight is 426 g/mol. The molecule has 1 aromatic rings. The highest BCUT2D eigenvalue weighted by molar-refractivity contribution is 7.89. The normalized spacial score (nSPS) is 16.3. The summed E-state index contributed by atoms with van der Waals surface area (Å²) < 4.78 is 37.0. The van der Waals surface area contributed by atoms with Crippen LogP contribution in [0.15, 0.2) is 29.2 Å². The van der Waals surface area contributed by atoms with E-state index in [4.69, 9.17) is 4.74 Å². The summed E-state index contributed by atoms with van der Waals surface area (Å²) in [4.78, 5) is 35.9. The summed E-state index contributed by atoms with van der Waals surface area (Å²) in [6.45, 7) is 5.19. The fourth-order valence-electron chi connectivity index (χ4n) is 2.91. The number of ketones is 1. The monoisotopic (exact) mass is 425 g/mol. The van der Waals surface area contributed by atoms with Crippen LogP contribution in [0.2, 0.25) is 0 Å². The summed E-state index contributed by atoms with van der Waals surface area (Å²) >= 11 is 0. The fraction of sp³-hybridized carbons (Fsp3) is 0.550. The standard InChI is InChI=1S/C20H27NO7S/c1-20(2,3)17(22)13-28-18(23)14-9-11-21(12-10-14)29(25,26)16-8-6-5-7-15(16)19(24)27-4/h5-8,14H,9-13H2,1-4H3. The van der Waals surface area contributed by atoms with Gasteiger partial charge < -0.3 is 9.47 Å². The van der Waals surface area contributed by atoms with Crippen LogP contribution >= 0.6 is 0 Å². The highest BCUT2D eigenvalue weighted by atomic mass is 32.2. The minimum atomic E-state index is -3.92. The van der Waals surface area contributed by atoms with Crippen molar-refractivity contribution in [2.75, 3.05) is 26.8 Å². The van der Waals surface area contributed by atoms with Crippen LogP contribution in [-0.2, 0) is 29.1 Å². The zero-order valence-electron chi connectivity index (χ0n) is 17.1. The van der Waals surface area contributed by atoms with Gasteiger partial charge in [-0.3, -0.25) is 9.59 Å². The Labute approximate surface area is 171 Å². The first kappa shape index (κ1) is 23.0. The van der Waals surface area contributed by atoms with E-state index in [9.17, 15) is 22.8 Å². The molecule has 1 fully saturated rings. The number of sulfonamides is 1. The minimum absolute atomic E-state index is 0.0303.